The summed E-state index contributed by atoms with van der Waals surface area (Å²) in [5.41, 5.74) is 5.34. The minimum absolute atomic E-state index is 0.0272. The Morgan fingerprint density at radius 1 is 1.00 bits per heavy atom. The number of thioether (sulfide) groups is 1. The lowest BCUT2D eigenvalue weighted by atomic mass is 10.1. The Morgan fingerprint density at radius 3 is 2.45 bits per heavy atom. The van der Waals surface area contributed by atoms with Crippen molar-refractivity contribution in [2.45, 2.75) is 31.0 Å². The summed E-state index contributed by atoms with van der Waals surface area (Å²) in [4.78, 5) is 13.8. The molecule has 0 atom stereocenters. The van der Waals surface area contributed by atoms with E-state index in [-0.39, 0.29) is 5.91 Å². The predicted molar refractivity (Wildman–Crippen MR) is 131 cm³/mol. The molecule has 158 valence electrons. The highest BCUT2D eigenvalue weighted by atomic mass is 35.5. The van der Waals surface area contributed by atoms with Gasteiger partial charge in [0.15, 0.2) is 0 Å². The summed E-state index contributed by atoms with van der Waals surface area (Å²) in [7, 11) is 0. The molecule has 5 heteroatoms. The van der Waals surface area contributed by atoms with E-state index in [4.69, 9.17) is 11.6 Å². The predicted octanol–water partition coefficient (Wildman–Crippen LogP) is 6.63. The van der Waals surface area contributed by atoms with Crippen LogP contribution in [0.5, 0.6) is 0 Å². The van der Waals surface area contributed by atoms with E-state index in [1.165, 1.54) is 21.4 Å². The van der Waals surface area contributed by atoms with Crippen molar-refractivity contribution >= 4 is 40.2 Å². The van der Waals surface area contributed by atoms with Gasteiger partial charge in [-0.05, 0) is 49.7 Å². The van der Waals surface area contributed by atoms with Gasteiger partial charge < -0.3 is 9.88 Å². The number of aromatic nitrogens is 1. The van der Waals surface area contributed by atoms with Crippen LogP contribution in [0.1, 0.15) is 27.0 Å². The van der Waals surface area contributed by atoms with Crippen molar-refractivity contribution in [3.05, 3.63) is 100 Å². The second-order valence-corrected chi connectivity index (χ2v) is 9.20. The van der Waals surface area contributed by atoms with Crippen LogP contribution >= 0.6 is 23.4 Å². The van der Waals surface area contributed by atoms with E-state index in [1.54, 1.807) is 0 Å². The lowest BCUT2D eigenvalue weighted by molar-refractivity contribution is 0.0952. The Hall–Kier alpha value is -2.69. The molecule has 0 fully saturated rings. The van der Waals surface area contributed by atoms with E-state index in [2.05, 4.69) is 58.5 Å². The van der Waals surface area contributed by atoms with Gasteiger partial charge in [-0.25, -0.2) is 0 Å². The van der Waals surface area contributed by atoms with Crippen LogP contribution in [0.15, 0.2) is 77.8 Å². The van der Waals surface area contributed by atoms with Crippen LogP contribution in [0.25, 0.3) is 10.9 Å². The van der Waals surface area contributed by atoms with Crippen LogP contribution in [-0.4, -0.2) is 17.0 Å². The van der Waals surface area contributed by atoms with E-state index in [9.17, 15) is 4.79 Å². The first-order valence-electron chi connectivity index (χ1n) is 10.3. The monoisotopic (exact) mass is 448 g/mol. The molecule has 0 aliphatic carbocycles. The van der Waals surface area contributed by atoms with Gasteiger partial charge in [0.05, 0.1) is 0 Å². The average Bonchev–Trinajstić information content (AvgIpc) is 3.10. The number of hydrogen-bond donors (Lipinski definition) is 1. The molecule has 4 aromatic rings. The fourth-order valence-electron chi connectivity index (χ4n) is 3.75. The largest absolute Gasteiger partial charge is 0.350 e. The second kappa shape index (κ2) is 9.63. The van der Waals surface area contributed by atoms with E-state index < -0.39 is 0 Å². The summed E-state index contributed by atoms with van der Waals surface area (Å²) in [6.45, 7) is 5.32. The molecule has 31 heavy (non-hydrogen) atoms. The van der Waals surface area contributed by atoms with Crippen LogP contribution in [0.3, 0.4) is 0 Å². The number of nitrogens with one attached hydrogen (secondary N) is 1. The molecular weight excluding hydrogens is 424 g/mol. The molecule has 0 saturated carbocycles. The summed E-state index contributed by atoms with van der Waals surface area (Å²) in [5, 5.41) is 5.06. The first kappa shape index (κ1) is 21.5. The number of rotatable bonds is 7. The summed E-state index contributed by atoms with van der Waals surface area (Å²) < 4.78 is 2.22. The molecule has 0 bridgehead atoms. The summed E-state index contributed by atoms with van der Waals surface area (Å²) in [6.07, 6.45) is 2.19. The van der Waals surface area contributed by atoms with Crippen LogP contribution < -0.4 is 5.32 Å². The van der Waals surface area contributed by atoms with E-state index in [0.29, 0.717) is 12.1 Å². The van der Waals surface area contributed by atoms with Gasteiger partial charge in [0.1, 0.15) is 0 Å². The van der Waals surface area contributed by atoms with Crippen LogP contribution in [-0.2, 0) is 12.3 Å². The van der Waals surface area contributed by atoms with Gasteiger partial charge in [-0.1, -0.05) is 59.1 Å². The lowest BCUT2D eigenvalue weighted by Gasteiger charge is -2.09. The third-order valence-electron chi connectivity index (χ3n) is 5.18. The van der Waals surface area contributed by atoms with Crippen LogP contribution in [0.2, 0.25) is 5.02 Å². The standard InChI is InChI=1S/C26H25ClN2OS/c1-18-13-19(2)15-21(14-18)26(30)28-11-12-29-16-25(23-5-3-4-6-24(23)29)31-17-20-7-9-22(27)10-8-20/h3-10,13-16H,11-12,17H2,1-2H3,(H,28,30). The molecule has 0 spiro atoms. The molecule has 1 aromatic heterocycles. The van der Waals surface area contributed by atoms with Gasteiger partial charge >= 0.3 is 0 Å². The topological polar surface area (TPSA) is 34.0 Å². The average molecular weight is 449 g/mol. The van der Waals surface area contributed by atoms with Crippen molar-refractivity contribution in [3.63, 3.8) is 0 Å². The Bertz CT molecular complexity index is 1190. The van der Waals surface area contributed by atoms with E-state index in [0.717, 1.165) is 28.4 Å². The first-order chi connectivity index (χ1) is 15.0. The number of fused-ring (bicyclic) bond motifs is 1. The maximum atomic E-state index is 12.6. The van der Waals surface area contributed by atoms with Gasteiger partial charge in [0, 0.05) is 51.4 Å². The molecule has 3 aromatic carbocycles. The number of halogens is 1. The number of carbonyl (C=O) groups is 1. The normalized spacial score (nSPS) is 11.1. The molecular formula is C26H25ClN2OS. The number of hydrogen-bond acceptors (Lipinski definition) is 2. The van der Waals surface area contributed by atoms with Crippen molar-refractivity contribution in [3.8, 4) is 0 Å². The number of benzene rings is 3. The fourth-order valence-corrected chi connectivity index (χ4v) is 4.92. The van der Waals surface area contributed by atoms with Crippen molar-refractivity contribution in [2.75, 3.05) is 6.54 Å². The molecule has 0 aliphatic rings. The SMILES string of the molecule is Cc1cc(C)cc(C(=O)NCCn2cc(SCc3ccc(Cl)cc3)c3ccccc32)c1. The van der Waals surface area contributed by atoms with Gasteiger partial charge in [-0.3, -0.25) is 4.79 Å². The molecule has 1 N–H and O–H groups in total. The van der Waals surface area contributed by atoms with Crippen molar-refractivity contribution in [2.24, 2.45) is 0 Å². The number of nitrogens with zero attached hydrogens (tertiary/aromatic N) is 1. The number of para-hydroxylation sites is 1. The second-order valence-electron chi connectivity index (χ2n) is 7.75. The van der Waals surface area contributed by atoms with Gasteiger partial charge in [-0.15, -0.1) is 11.8 Å². The Labute approximate surface area is 192 Å². The first-order valence-corrected chi connectivity index (χ1v) is 11.7. The molecule has 0 aliphatic heterocycles. The smallest absolute Gasteiger partial charge is 0.251 e. The van der Waals surface area contributed by atoms with Gasteiger partial charge in [0.2, 0.25) is 0 Å². The zero-order chi connectivity index (χ0) is 21.8. The summed E-state index contributed by atoms with van der Waals surface area (Å²) in [6, 6.07) is 22.3. The highest BCUT2D eigenvalue weighted by Crippen LogP contribution is 2.32. The summed E-state index contributed by atoms with van der Waals surface area (Å²) >= 11 is 7.81. The molecule has 1 heterocycles. The zero-order valence-electron chi connectivity index (χ0n) is 17.7. The Balaban J connectivity index is 1.44. The Morgan fingerprint density at radius 2 is 1.71 bits per heavy atom. The van der Waals surface area contributed by atoms with Crippen LogP contribution in [0, 0.1) is 13.8 Å². The fraction of sp³-hybridized carbons (Fsp3) is 0.192. The summed E-state index contributed by atoms with van der Waals surface area (Å²) in [5.74, 6) is 0.856. The van der Waals surface area contributed by atoms with E-state index in [1.807, 2.05) is 49.9 Å². The van der Waals surface area contributed by atoms with Crippen LogP contribution in [0.4, 0.5) is 0 Å². The molecule has 3 nitrogen and oxygen atoms in total. The third kappa shape index (κ3) is 5.33. The minimum atomic E-state index is -0.0272. The number of carbonyl (C=O) groups excluding carboxylic acids is 1. The highest BCUT2D eigenvalue weighted by molar-refractivity contribution is 7.98. The maximum absolute atomic E-state index is 12.6. The number of aryl methyl sites for hydroxylation is 2. The highest BCUT2D eigenvalue weighted by Gasteiger charge is 2.10. The molecule has 0 unspecified atom stereocenters. The Kier molecular flexibility index (Phi) is 6.69. The zero-order valence-corrected chi connectivity index (χ0v) is 19.3. The third-order valence-corrected chi connectivity index (χ3v) is 6.55. The number of amides is 1. The molecule has 0 radical (unpaired) electrons. The molecule has 4 rings (SSSR count). The van der Waals surface area contributed by atoms with Gasteiger partial charge in [0.25, 0.3) is 5.91 Å². The van der Waals surface area contributed by atoms with Crippen molar-refractivity contribution < 1.29 is 4.79 Å². The minimum Gasteiger partial charge on any atom is -0.350 e. The maximum Gasteiger partial charge on any atom is 0.251 e. The van der Waals surface area contributed by atoms with Crippen molar-refractivity contribution in [1.82, 2.24) is 9.88 Å². The molecule has 1 amide bonds. The van der Waals surface area contributed by atoms with E-state index >= 15 is 0 Å². The molecule has 0 saturated heterocycles. The lowest BCUT2D eigenvalue weighted by Crippen LogP contribution is -2.27. The van der Waals surface area contributed by atoms with Crippen molar-refractivity contribution in [1.29, 1.82) is 0 Å². The van der Waals surface area contributed by atoms with Gasteiger partial charge in [-0.2, -0.15) is 0 Å². The quantitative estimate of drug-likeness (QED) is 0.322.